The van der Waals surface area contributed by atoms with Crippen LogP contribution < -0.4 is 16.0 Å². The number of rotatable bonds is 12. The van der Waals surface area contributed by atoms with Crippen molar-refractivity contribution in [1.82, 2.24) is 20.3 Å². The second kappa shape index (κ2) is 16.4. The number of benzene rings is 2. The molecule has 3 fully saturated rings. The number of hydrogen-bond donors (Lipinski definition) is 3. The molecule has 10 nitrogen and oxygen atoms in total. The van der Waals surface area contributed by atoms with Crippen LogP contribution in [0.2, 0.25) is 5.02 Å². The number of carbonyl (C=O) groups is 2. The van der Waals surface area contributed by atoms with Gasteiger partial charge in [0, 0.05) is 55.9 Å². The second-order valence-corrected chi connectivity index (χ2v) is 15.0. The van der Waals surface area contributed by atoms with Gasteiger partial charge in [-0.25, -0.2) is 13.2 Å². The molecule has 3 aliphatic rings. The van der Waals surface area contributed by atoms with Gasteiger partial charge in [0.1, 0.15) is 6.04 Å². The Morgan fingerprint density at radius 2 is 1.78 bits per heavy atom. The van der Waals surface area contributed by atoms with Gasteiger partial charge in [0.15, 0.2) is 0 Å². The zero-order valence-electron chi connectivity index (χ0n) is 26.5. The molecule has 5 atom stereocenters. The van der Waals surface area contributed by atoms with Crippen LogP contribution in [0.25, 0.3) is 0 Å². The van der Waals surface area contributed by atoms with Crippen molar-refractivity contribution in [2.45, 2.75) is 80.3 Å². The molecule has 2 heterocycles. The van der Waals surface area contributed by atoms with E-state index < -0.39 is 22.2 Å². The van der Waals surface area contributed by atoms with Crippen LogP contribution in [-0.4, -0.2) is 82.8 Å². The molecule has 1 aliphatic carbocycles. The number of halogens is 1. The molecule has 0 spiro atoms. The van der Waals surface area contributed by atoms with Crippen LogP contribution in [0.4, 0.5) is 4.79 Å². The highest BCUT2D eigenvalue weighted by Crippen LogP contribution is 2.37. The van der Waals surface area contributed by atoms with Gasteiger partial charge in [-0.05, 0) is 80.2 Å². The van der Waals surface area contributed by atoms with E-state index in [2.05, 4.69) is 16.0 Å². The van der Waals surface area contributed by atoms with Gasteiger partial charge in [-0.1, -0.05) is 54.8 Å². The highest BCUT2D eigenvalue weighted by molar-refractivity contribution is 7.89. The summed E-state index contributed by atoms with van der Waals surface area (Å²) in [5.41, 5.74) is 0.937. The summed E-state index contributed by atoms with van der Waals surface area (Å²) < 4.78 is 39.1. The number of carbonyl (C=O) groups excluding carboxylic acids is 2. The average molecular weight is 675 g/mol. The maximum atomic E-state index is 14.1. The van der Waals surface area contributed by atoms with Crippen LogP contribution in [0, 0.1) is 11.8 Å². The van der Waals surface area contributed by atoms with Crippen molar-refractivity contribution in [3.05, 3.63) is 65.2 Å². The van der Waals surface area contributed by atoms with Gasteiger partial charge in [0.25, 0.3) is 0 Å². The molecule has 3 N–H and O–H groups in total. The number of piperazine rings is 1. The lowest BCUT2D eigenvalue weighted by molar-refractivity contribution is -0.125. The molecule has 2 aromatic rings. The molecule has 0 radical (unpaired) electrons. The zero-order valence-corrected chi connectivity index (χ0v) is 28.1. The van der Waals surface area contributed by atoms with Crippen LogP contribution >= 0.6 is 11.6 Å². The first-order valence-corrected chi connectivity index (χ1v) is 18.4. The quantitative estimate of drug-likeness (QED) is 0.298. The van der Waals surface area contributed by atoms with Crippen LogP contribution in [-0.2, 0) is 24.3 Å². The third kappa shape index (κ3) is 8.60. The standard InChI is InChI=1S/C34H47ClN4O6S/c1-44-34(41)38-32(31(26-17-21-45-22-18-26)25-13-15-27(35)16-14-25)33(40)37-30-12-6-8-24(30)7-5-9-28-23-36-19-20-39(28)46(42,43)29-10-3-2-4-11-29/h2-4,10-11,13-16,24,26,28,30-32,36H,5-9,12,17-23H2,1H3,(H,37,40)(H,38,41)/t24?,28-,30?,31?,32-/m0/s1. The summed E-state index contributed by atoms with van der Waals surface area (Å²) in [6.07, 6.45) is 6.25. The van der Waals surface area contributed by atoms with Gasteiger partial charge in [-0.15, -0.1) is 0 Å². The van der Waals surface area contributed by atoms with Gasteiger partial charge < -0.3 is 25.4 Å². The lowest BCUT2D eigenvalue weighted by Gasteiger charge is -2.37. The fourth-order valence-corrected chi connectivity index (χ4v) is 9.30. The number of hydrogen-bond acceptors (Lipinski definition) is 7. The fourth-order valence-electron chi connectivity index (χ4n) is 7.49. The van der Waals surface area contributed by atoms with E-state index in [1.807, 2.05) is 30.3 Å². The molecular weight excluding hydrogens is 628 g/mol. The van der Waals surface area contributed by atoms with Crippen molar-refractivity contribution in [2.24, 2.45) is 11.8 Å². The molecule has 2 amide bonds. The van der Waals surface area contributed by atoms with Crippen LogP contribution in [0.5, 0.6) is 0 Å². The van der Waals surface area contributed by atoms with E-state index in [9.17, 15) is 18.0 Å². The van der Waals surface area contributed by atoms with Crippen LogP contribution in [0.15, 0.2) is 59.5 Å². The minimum atomic E-state index is -3.58. The summed E-state index contributed by atoms with van der Waals surface area (Å²) >= 11 is 6.20. The predicted molar refractivity (Wildman–Crippen MR) is 177 cm³/mol. The Labute approximate surface area is 278 Å². The molecule has 3 unspecified atom stereocenters. The molecule has 2 saturated heterocycles. The van der Waals surface area contributed by atoms with Gasteiger partial charge in [0.2, 0.25) is 15.9 Å². The molecule has 2 aliphatic heterocycles. The number of amides is 2. The maximum absolute atomic E-state index is 14.1. The Kier molecular flexibility index (Phi) is 12.4. The molecule has 1 saturated carbocycles. The average Bonchev–Trinajstić information content (AvgIpc) is 3.52. The number of sulfonamides is 1. The molecule has 2 aromatic carbocycles. The molecule has 0 aromatic heterocycles. The van der Waals surface area contributed by atoms with Gasteiger partial charge >= 0.3 is 6.09 Å². The first-order chi connectivity index (χ1) is 22.3. The highest BCUT2D eigenvalue weighted by Gasteiger charge is 2.40. The van der Waals surface area contributed by atoms with Crippen LogP contribution in [0.3, 0.4) is 0 Å². The first-order valence-electron chi connectivity index (χ1n) is 16.5. The van der Waals surface area contributed by atoms with E-state index in [4.69, 9.17) is 21.1 Å². The van der Waals surface area contributed by atoms with E-state index in [1.165, 1.54) is 7.11 Å². The third-order valence-electron chi connectivity index (χ3n) is 9.87. The van der Waals surface area contributed by atoms with E-state index in [0.29, 0.717) is 42.8 Å². The van der Waals surface area contributed by atoms with E-state index in [1.54, 1.807) is 28.6 Å². The summed E-state index contributed by atoms with van der Waals surface area (Å²) in [4.78, 5) is 27.0. The number of nitrogens with zero attached hydrogens (tertiary/aromatic N) is 1. The van der Waals surface area contributed by atoms with Crippen molar-refractivity contribution >= 4 is 33.6 Å². The van der Waals surface area contributed by atoms with Gasteiger partial charge in [-0.2, -0.15) is 4.31 Å². The molecular formula is C34H47ClN4O6S. The van der Waals surface area contributed by atoms with E-state index >= 15 is 0 Å². The molecule has 5 rings (SSSR count). The number of methoxy groups -OCH3 is 1. The minimum absolute atomic E-state index is 0.0244. The Bertz CT molecular complexity index is 1390. The van der Waals surface area contributed by atoms with E-state index in [0.717, 1.165) is 56.9 Å². The Morgan fingerprint density at radius 3 is 2.50 bits per heavy atom. The Hall–Kier alpha value is -2.70. The van der Waals surface area contributed by atoms with E-state index in [-0.39, 0.29) is 35.7 Å². The molecule has 252 valence electrons. The summed E-state index contributed by atoms with van der Waals surface area (Å²) in [5.74, 6) is -0.0984. The fraction of sp³-hybridized carbons (Fsp3) is 0.588. The highest BCUT2D eigenvalue weighted by atomic mass is 35.5. The smallest absolute Gasteiger partial charge is 0.407 e. The monoisotopic (exact) mass is 674 g/mol. The number of alkyl carbamates (subject to hydrolysis) is 1. The lowest BCUT2D eigenvalue weighted by Crippen LogP contribution is -2.54. The van der Waals surface area contributed by atoms with Crippen molar-refractivity contribution in [3.8, 4) is 0 Å². The lowest BCUT2D eigenvalue weighted by atomic mass is 9.76. The normalized spacial score (nSPS) is 24.2. The molecule has 0 bridgehead atoms. The predicted octanol–water partition coefficient (Wildman–Crippen LogP) is 4.69. The SMILES string of the molecule is COC(=O)N[C@H](C(=O)NC1CCCC1CCC[C@H]1CNCCN1S(=O)(=O)c1ccccc1)C(c1ccc(Cl)cc1)C1CCOCC1. The van der Waals surface area contributed by atoms with Crippen molar-refractivity contribution in [3.63, 3.8) is 0 Å². The first kappa shape index (κ1) is 34.6. The topological polar surface area (TPSA) is 126 Å². The van der Waals surface area contributed by atoms with Crippen LogP contribution in [0.1, 0.15) is 62.8 Å². The maximum Gasteiger partial charge on any atom is 0.407 e. The molecule has 46 heavy (non-hydrogen) atoms. The second-order valence-electron chi connectivity index (χ2n) is 12.7. The van der Waals surface area contributed by atoms with Gasteiger partial charge in [0.05, 0.1) is 12.0 Å². The largest absolute Gasteiger partial charge is 0.453 e. The number of ether oxygens (including phenoxy) is 2. The van der Waals surface area contributed by atoms with Gasteiger partial charge in [-0.3, -0.25) is 4.79 Å². The minimum Gasteiger partial charge on any atom is -0.453 e. The van der Waals surface area contributed by atoms with Crippen molar-refractivity contribution in [1.29, 1.82) is 0 Å². The molecule has 12 heteroatoms. The Balaban J connectivity index is 1.25. The summed E-state index contributed by atoms with van der Waals surface area (Å²) in [6, 6.07) is 15.2. The zero-order chi connectivity index (χ0) is 32.5. The summed E-state index contributed by atoms with van der Waals surface area (Å²) in [5, 5.41) is 10.2. The number of nitrogens with one attached hydrogen (secondary N) is 3. The summed E-state index contributed by atoms with van der Waals surface area (Å²) in [7, 11) is -2.27. The van der Waals surface area contributed by atoms with Crippen molar-refractivity contribution in [2.75, 3.05) is 40.0 Å². The Morgan fingerprint density at radius 1 is 1.04 bits per heavy atom. The van der Waals surface area contributed by atoms with Crippen molar-refractivity contribution < 1.29 is 27.5 Å². The summed E-state index contributed by atoms with van der Waals surface area (Å²) in [6.45, 7) is 2.90. The third-order valence-corrected chi connectivity index (χ3v) is 12.1.